The molecule has 0 N–H and O–H groups in total. The summed E-state index contributed by atoms with van der Waals surface area (Å²) in [5.74, 6) is 1.21. The third-order valence-electron chi connectivity index (χ3n) is 4.89. The average molecular weight is 314 g/mol. The van der Waals surface area contributed by atoms with E-state index in [4.69, 9.17) is 9.47 Å². The zero-order valence-corrected chi connectivity index (χ0v) is 13.3. The van der Waals surface area contributed by atoms with Gasteiger partial charge < -0.3 is 9.47 Å². The first-order valence-electron chi connectivity index (χ1n) is 8.43. The van der Waals surface area contributed by atoms with E-state index in [0.717, 1.165) is 12.4 Å². The Morgan fingerprint density at radius 1 is 0.792 bits per heavy atom. The Kier molecular flexibility index (Phi) is 3.17. The maximum atomic E-state index is 5.76. The number of hydrogen-bond donors (Lipinski definition) is 0. The van der Waals surface area contributed by atoms with Gasteiger partial charge in [0.05, 0.1) is 6.61 Å². The van der Waals surface area contributed by atoms with Crippen LogP contribution in [-0.2, 0) is 4.74 Å². The highest BCUT2D eigenvalue weighted by atomic mass is 16.6. The van der Waals surface area contributed by atoms with Gasteiger partial charge in [-0.15, -0.1) is 0 Å². The van der Waals surface area contributed by atoms with Gasteiger partial charge in [0.25, 0.3) is 0 Å². The Bertz CT molecular complexity index is 833. The standard InChI is InChI=1S/C22H18O2/c1-3-7-20-18(5-1)19-6-2-4-8-21(19)22(20)15-9-11-16(12-10-15)23-13-17-14-24-17/h1-12,17,22H,13-14H2. The normalized spacial score (nSPS) is 18.1. The number of ether oxygens (including phenoxy) is 2. The summed E-state index contributed by atoms with van der Waals surface area (Å²) in [6.45, 7) is 1.47. The average Bonchev–Trinajstić information content (AvgIpc) is 3.41. The quantitative estimate of drug-likeness (QED) is 0.512. The maximum Gasteiger partial charge on any atom is 0.119 e. The number of epoxide rings is 1. The number of benzene rings is 3. The van der Waals surface area contributed by atoms with Crippen LogP contribution in [0.3, 0.4) is 0 Å². The molecule has 0 bridgehead atoms. The Labute approximate surface area is 141 Å². The van der Waals surface area contributed by atoms with Crippen LogP contribution in [-0.4, -0.2) is 19.3 Å². The minimum absolute atomic E-state index is 0.290. The van der Waals surface area contributed by atoms with E-state index in [1.165, 1.54) is 27.8 Å². The maximum absolute atomic E-state index is 5.76. The zero-order chi connectivity index (χ0) is 15.9. The van der Waals surface area contributed by atoms with E-state index in [1.807, 2.05) is 0 Å². The van der Waals surface area contributed by atoms with Crippen LogP contribution < -0.4 is 4.74 Å². The minimum Gasteiger partial charge on any atom is -0.491 e. The summed E-state index contributed by atoms with van der Waals surface area (Å²) in [4.78, 5) is 0. The fourth-order valence-corrected chi connectivity index (χ4v) is 3.62. The largest absolute Gasteiger partial charge is 0.491 e. The van der Waals surface area contributed by atoms with Gasteiger partial charge in [-0.3, -0.25) is 0 Å². The summed E-state index contributed by atoms with van der Waals surface area (Å²) in [7, 11) is 0. The third kappa shape index (κ3) is 2.31. The molecule has 1 unspecified atom stereocenters. The number of hydrogen-bond acceptors (Lipinski definition) is 2. The van der Waals surface area contributed by atoms with Gasteiger partial charge in [-0.1, -0.05) is 60.7 Å². The monoisotopic (exact) mass is 314 g/mol. The molecule has 1 saturated heterocycles. The molecule has 2 heteroatoms. The number of rotatable bonds is 4. The molecule has 118 valence electrons. The summed E-state index contributed by atoms with van der Waals surface area (Å²) in [6, 6.07) is 26.0. The van der Waals surface area contributed by atoms with E-state index in [9.17, 15) is 0 Å². The molecule has 0 saturated carbocycles. The molecule has 1 heterocycles. The lowest BCUT2D eigenvalue weighted by Crippen LogP contribution is -2.04. The Morgan fingerprint density at radius 2 is 1.38 bits per heavy atom. The van der Waals surface area contributed by atoms with Crippen LogP contribution in [0.25, 0.3) is 11.1 Å². The highest BCUT2D eigenvalue weighted by Crippen LogP contribution is 2.47. The van der Waals surface area contributed by atoms with Crippen molar-refractivity contribution in [1.29, 1.82) is 0 Å². The summed E-state index contributed by atoms with van der Waals surface area (Å²) in [5, 5.41) is 0. The molecular weight excluding hydrogens is 296 g/mol. The van der Waals surface area contributed by atoms with Gasteiger partial charge in [-0.05, 0) is 39.9 Å². The lowest BCUT2D eigenvalue weighted by Gasteiger charge is -2.15. The van der Waals surface area contributed by atoms with Crippen molar-refractivity contribution in [3.8, 4) is 16.9 Å². The second-order valence-electron chi connectivity index (χ2n) is 6.44. The molecule has 0 aromatic heterocycles. The van der Waals surface area contributed by atoms with E-state index < -0.39 is 0 Å². The van der Waals surface area contributed by atoms with Crippen molar-refractivity contribution < 1.29 is 9.47 Å². The second-order valence-corrected chi connectivity index (χ2v) is 6.44. The molecule has 2 aliphatic rings. The van der Waals surface area contributed by atoms with Crippen molar-refractivity contribution >= 4 is 0 Å². The zero-order valence-electron chi connectivity index (χ0n) is 13.3. The van der Waals surface area contributed by atoms with Gasteiger partial charge in [0.1, 0.15) is 18.5 Å². The predicted octanol–water partition coefficient (Wildman–Crippen LogP) is 4.62. The summed E-state index contributed by atoms with van der Waals surface area (Å²) < 4.78 is 10.9. The van der Waals surface area contributed by atoms with Gasteiger partial charge in [0, 0.05) is 5.92 Å². The molecule has 0 spiro atoms. The van der Waals surface area contributed by atoms with Crippen molar-refractivity contribution in [1.82, 2.24) is 0 Å². The van der Waals surface area contributed by atoms with Crippen LogP contribution >= 0.6 is 0 Å². The Morgan fingerprint density at radius 3 is 1.96 bits per heavy atom. The fourth-order valence-electron chi connectivity index (χ4n) is 3.62. The minimum atomic E-state index is 0.290. The van der Waals surface area contributed by atoms with Crippen LogP contribution in [0.15, 0.2) is 72.8 Å². The molecule has 3 aromatic rings. The topological polar surface area (TPSA) is 21.8 Å². The second kappa shape index (κ2) is 5.50. The molecule has 0 radical (unpaired) electrons. The van der Waals surface area contributed by atoms with Crippen LogP contribution in [0.2, 0.25) is 0 Å². The number of fused-ring (bicyclic) bond motifs is 3. The molecule has 1 aliphatic carbocycles. The van der Waals surface area contributed by atoms with Gasteiger partial charge in [0.2, 0.25) is 0 Å². The Hall–Kier alpha value is -2.58. The smallest absolute Gasteiger partial charge is 0.119 e. The van der Waals surface area contributed by atoms with E-state index in [2.05, 4.69) is 72.8 Å². The van der Waals surface area contributed by atoms with E-state index in [0.29, 0.717) is 18.6 Å². The third-order valence-corrected chi connectivity index (χ3v) is 4.89. The lowest BCUT2D eigenvalue weighted by molar-refractivity contribution is 0.263. The predicted molar refractivity (Wildman–Crippen MR) is 94.5 cm³/mol. The van der Waals surface area contributed by atoms with Crippen molar-refractivity contribution in [2.75, 3.05) is 13.2 Å². The summed E-state index contributed by atoms with van der Waals surface area (Å²) in [5.41, 5.74) is 6.79. The molecule has 1 fully saturated rings. The highest BCUT2D eigenvalue weighted by molar-refractivity contribution is 5.80. The lowest BCUT2D eigenvalue weighted by atomic mass is 9.89. The van der Waals surface area contributed by atoms with Gasteiger partial charge in [-0.2, -0.15) is 0 Å². The molecule has 1 aliphatic heterocycles. The van der Waals surface area contributed by atoms with Crippen molar-refractivity contribution in [2.24, 2.45) is 0 Å². The van der Waals surface area contributed by atoms with Crippen LogP contribution in [0.4, 0.5) is 0 Å². The summed E-state index contributed by atoms with van der Waals surface area (Å²) in [6.07, 6.45) is 0.290. The molecule has 3 aromatic carbocycles. The van der Waals surface area contributed by atoms with Gasteiger partial charge >= 0.3 is 0 Å². The SMILES string of the molecule is c1ccc2c(c1)-c1ccccc1C2c1ccc(OCC2CO2)cc1. The van der Waals surface area contributed by atoms with Crippen LogP contribution in [0, 0.1) is 0 Å². The molecule has 0 amide bonds. The summed E-state index contributed by atoms with van der Waals surface area (Å²) >= 11 is 0. The Balaban J connectivity index is 1.51. The van der Waals surface area contributed by atoms with Crippen LogP contribution in [0.5, 0.6) is 5.75 Å². The van der Waals surface area contributed by atoms with E-state index in [-0.39, 0.29) is 0 Å². The first-order valence-corrected chi connectivity index (χ1v) is 8.43. The molecule has 2 nitrogen and oxygen atoms in total. The first kappa shape index (κ1) is 13.8. The van der Waals surface area contributed by atoms with Crippen molar-refractivity contribution in [3.05, 3.63) is 89.5 Å². The van der Waals surface area contributed by atoms with Crippen LogP contribution in [0.1, 0.15) is 22.6 Å². The molecule has 24 heavy (non-hydrogen) atoms. The molecular formula is C22H18O2. The highest BCUT2D eigenvalue weighted by Gasteiger charge is 2.29. The van der Waals surface area contributed by atoms with E-state index in [1.54, 1.807) is 0 Å². The fraction of sp³-hybridized carbons (Fsp3) is 0.182. The van der Waals surface area contributed by atoms with Crippen molar-refractivity contribution in [3.63, 3.8) is 0 Å². The van der Waals surface area contributed by atoms with Gasteiger partial charge in [0.15, 0.2) is 0 Å². The van der Waals surface area contributed by atoms with E-state index >= 15 is 0 Å². The first-order chi connectivity index (χ1) is 11.9. The molecule has 1 atom stereocenters. The molecule has 5 rings (SSSR count). The van der Waals surface area contributed by atoms with Gasteiger partial charge in [-0.25, -0.2) is 0 Å². The van der Waals surface area contributed by atoms with Crippen molar-refractivity contribution in [2.45, 2.75) is 12.0 Å².